The first kappa shape index (κ1) is 51.1. The van der Waals surface area contributed by atoms with Crippen LogP contribution in [0.4, 0.5) is 16.2 Å². The summed E-state index contributed by atoms with van der Waals surface area (Å²) in [5.41, 5.74) is 4.78. The first-order valence-electron chi connectivity index (χ1n) is 23.9. The van der Waals surface area contributed by atoms with Crippen LogP contribution >= 0.6 is 11.6 Å². The number of amides is 3. The van der Waals surface area contributed by atoms with Gasteiger partial charge in [-0.1, -0.05) is 87.0 Å². The number of hydrogen-bond donors (Lipinski definition) is 5. The van der Waals surface area contributed by atoms with E-state index in [2.05, 4.69) is 59.7 Å². The Kier molecular flexibility index (Phi) is 16.6. The zero-order valence-corrected chi connectivity index (χ0v) is 42.6. The number of nitrogens with one attached hydrogen (secondary N) is 4. The van der Waals surface area contributed by atoms with Gasteiger partial charge in [-0.15, -0.1) is 0 Å². The van der Waals surface area contributed by atoms with Crippen LogP contribution in [0.3, 0.4) is 0 Å². The molecule has 0 bridgehead atoms. The Balaban J connectivity index is 0.833. The summed E-state index contributed by atoms with van der Waals surface area (Å²) in [4.78, 5) is 58.1. The minimum Gasteiger partial charge on any atom is -0.506 e. The maximum Gasteiger partial charge on any atom is 0.411 e. The largest absolute Gasteiger partial charge is 0.506 e. The lowest BCUT2D eigenvalue weighted by Crippen LogP contribution is -2.43. The fraction of sp³-hybridized carbons (Fsp3) is 0.434. The number of phenolic OH excluding ortho intramolecular Hbond substituents is 1. The third-order valence-corrected chi connectivity index (χ3v) is 18.9. The summed E-state index contributed by atoms with van der Waals surface area (Å²) < 4.78 is 18.6. The molecule has 1 saturated carbocycles. The van der Waals surface area contributed by atoms with E-state index in [1.54, 1.807) is 43.3 Å². The third-order valence-electron chi connectivity index (χ3n) is 14.1. The summed E-state index contributed by atoms with van der Waals surface area (Å²) in [5, 5.41) is 20.9. The first-order chi connectivity index (χ1) is 32.9. The van der Waals surface area contributed by atoms with Crippen LogP contribution in [0.1, 0.15) is 70.1 Å². The van der Waals surface area contributed by atoms with Crippen molar-refractivity contribution in [2.75, 3.05) is 57.5 Å². The number of phenols is 1. The Morgan fingerprint density at radius 1 is 0.928 bits per heavy atom. The van der Waals surface area contributed by atoms with Gasteiger partial charge in [-0.3, -0.25) is 19.7 Å². The molecular formula is C53H67ClN6O8Si. The van der Waals surface area contributed by atoms with Gasteiger partial charge < -0.3 is 44.4 Å². The highest BCUT2D eigenvalue weighted by molar-refractivity contribution is 6.74. The lowest BCUT2D eigenvalue weighted by molar-refractivity contribution is -0.130. The number of para-hydroxylation sites is 1. The number of pyridine rings is 1. The summed E-state index contributed by atoms with van der Waals surface area (Å²) in [6.07, 6.45) is 1.71. The van der Waals surface area contributed by atoms with Gasteiger partial charge in [-0.05, 0) is 84.6 Å². The number of aromatic amines is 1. The highest BCUT2D eigenvalue weighted by Gasteiger charge is 2.43. The molecule has 3 amide bonds. The molecule has 2 fully saturated rings. The molecule has 1 saturated heterocycles. The molecule has 1 unspecified atom stereocenters. The van der Waals surface area contributed by atoms with Crippen LogP contribution in [-0.2, 0) is 25.3 Å². The highest BCUT2D eigenvalue weighted by atomic mass is 35.5. The number of methoxy groups -OCH3 is 1. The number of aromatic nitrogens is 1. The molecule has 368 valence electrons. The minimum atomic E-state index is -2.29. The molecule has 4 aromatic carbocycles. The second kappa shape index (κ2) is 22.4. The molecule has 0 radical (unpaired) electrons. The van der Waals surface area contributed by atoms with E-state index in [-0.39, 0.29) is 40.7 Å². The number of benzene rings is 4. The van der Waals surface area contributed by atoms with E-state index in [1.165, 1.54) is 6.07 Å². The smallest absolute Gasteiger partial charge is 0.411 e. The predicted molar refractivity (Wildman–Crippen MR) is 276 cm³/mol. The lowest BCUT2D eigenvalue weighted by atomic mass is 10.0. The molecule has 5 aromatic rings. The van der Waals surface area contributed by atoms with E-state index >= 15 is 0 Å². The number of anilines is 2. The van der Waals surface area contributed by atoms with E-state index in [4.69, 9.17) is 25.5 Å². The van der Waals surface area contributed by atoms with Crippen molar-refractivity contribution in [1.82, 2.24) is 20.1 Å². The molecule has 2 aliphatic rings. The topological polar surface area (TPSA) is 175 Å². The quantitative estimate of drug-likeness (QED) is 0.0501. The van der Waals surface area contributed by atoms with Crippen molar-refractivity contribution < 1.29 is 33.4 Å². The number of rotatable bonds is 19. The zero-order chi connectivity index (χ0) is 49.5. The molecule has 2 heterocycles. The summed E-state index contributed by atoms with van der Waals surface area (Å²) >= 11 is 6.74. The summed E-state index contributed by atoms with van der Waals surface area (Å²) in [6.45, 7) is 14.5. The van der Waals surface area contributed by atoms with Gasteiger partial charge in [0.2, 0.25) is 17.4 Å². The number of H-pyrrole nitrogens is 1. The normalized spacial score (nSPS) is 17.6. The average Bonchev–Trinajstić information content (AvgIpc) is 3.87. The second-order valence-corrected chi connectivity index (χ2v) is 25.1. The van der Waals surface area contributed by atoms with E-state index in [1.807, 2.05) is 60.7 Å². The van der Waals surface area contributed by atoms with Crippen molar-refractivity contribution in [2.45, 2.75) is 89.8 Å². The molecule has 7 rings (SSSR count). The molecular weight excluding hydrogens is 912 g/mol. The number of carbonyl (C=O) groups is 3. The Labute approximate surface area is 411 Å². The summed E-state index contributed by atoms with van der Waals surface area (Å²) in [6, 6.07) is 27.7. The number of aromatic hydroxyl groups is 1. The van der Waals surface area contributed by atoms with Crippen LogP contribution in [0.5, 0.6) is 11.5 Å². The van der Waals surface area contributed by atoms with Gasteiger partial charge in [0.15, 0.2) is 8.32 Å². The summed E-state index contributed by atoms with van der Waals surface area (Å²) in [5.74, 6) is 1.18. The Morgan fingerprint density at radius 3 is 2.35 bits per heavy atom. The van der Waals surface area contributed by atoms with E-state index in [9.17, 15) is 24.3 Å². The average molecular weight is 980 g/mol. The van der Waals surface area contributed by atoms with Gasteiger partial charge in [-0.2, -0.15) is 0 Å². The van der Waals surface area contributed by atoms with Crippen LogP contribution in [0.25, 0.3) is 22.0 Å². The minimum absolute atomic E-state index is 0.0131. The van der Waals surface area contributed by atoms with Crippen molar-refractivity contribution >= 4 is 60.1 Å². The van der Waals surface area contributed by atoms with Crippen LogP contribution in [-0.4, -0.2) is 99.1 Å². The van der Waals surface area contributed by atoms with Gasteiger partial charge in [0.25, 0.3) is 0 Å². The SMILES string of the molecule is COc1cc(NC(=O)CCCN(C)C(=O)CCN2C[C@H]3CC(OC(=O)Nc4ccccc4-c4ccccc4)C[C@H]3C2)c(Cl)cc1CNC[C@H](O[Si](C)(C)C(C)(C)C)c1ccc(O)c2[nH]c(=O)ccc12. The van der Waals surface area contributed by atoms with Gasteiger partial charge in [0.05, 0.1) is 35.1 Å². The van der Waals surface area contributed by atoms with E-state index in [0.29, 0.717) is 83.9 Å². The number of hydrogen-bond acceptors (Lipinski definition) is 10. The zero-order valence-electron chi connectivity index (χ0n) is 40.8. The number of ether oxygens (including phenoxy) is 2. The van der Waals surface area contributed by atoms with Crippen molar-refractivity contribution in [2.24, 2.45) is 11.8 Å². The van der Waals surface area contributed by atoms with Gasteiger partial charge in [-0.25, -0.2) is 4.79 Å². The molecule has 4 atom stereocenters. The molecule has 1 aliphatic heterocycles. The Bertz CT molecular complexity index is 2660. The first-order valence-corrected chi connectivity index (χ1v) is 27.2. The molecule has 5 N–H and O–H groups in total. The number of carbonyl (C=O) groups excluding carboxylic acids is 3. The Hall–Kier alpha value is -5.71. The molecule has 14 nitrogen and oxygen atoms in total. The lowest BCUT2D eigenvalue weighted by Gasteiger charge is -2.39. The van der Waals surface area contributed by atoms with Crippen molar-refractivity contribution in [1.29, 1.82) is 0 Å². The number of halogens is 1. The van der Waals surface area contributed by atoms with Gasteiger partial charge >= 0.3 is 6.09 Å². The van der Waals surface area contributed by atoms with Crippen LogP contribution in [0.15, 0.2) is 95.8 Å². The fourth-order valence-electron chi connectivity index (χ4n) is 9.28. The monoisotopic (exact) mass is 978 g/mol. The molecule has 16 heteroatoms. The van der Waals surface area contributed by atoms with E-state index in [0.717, 1.165) is 48.2 Å². The molecule has 0 spiro atoms. The number of fused-ring (bicyclic) bond motifs is 2. The molecule has 1 aliphatic carbocycles. The number of likely N-dealkylation sites (tertiary alicyclic amines) is 1. The maximum absolute atomic E-state index is 13.1. The van der Waals surface area contributed by atoms with Crippen LogP contribution < -0.4 is 26.2 Å². The molecule has 1 aromatic heterocycles. The third kappa shape index (κ3) is 12.9. The standard InChI is InChI=1S/C53H67ClN6O8Si/c1-53(2,3)69(6,7)68-47(40-19-21-45(61)51-41(40)20-22-49(63)58-51)31-55-30-35-28-42(54)44(29-46(35)66-5)56-48(62)18-13-24-59(4)50(64)23-25-60-32-36-26-38(27-37(36)33-60)67-52(65)57-43-17-12-11-16-39(43)34-14-9-8-10-15-34/h8-12,14-17,19-22,28-29,36-38,47,55,61H,13,18,23-27,30-33H2,1-7H3,(H,56,62)(H,57,65)(H,58,63)/t36-,37+,38?,47-/m0/s1. The Morgan fingerprint density at radius 2 is 1.64 bits per heavy atom. The van der Waals surface area contributed by atoms with Crippen molar-refractivity contribution in [3.8, 4) is 22.6 Å². The highest BCUT2D eigenvalue weighted by Crippen LogP contribution is 2.42. The van der Waals surface area contributed by atoms with E-state index < -0.39 is 20.5 Å². The number of nitrogens with zero attached hydrogens (tertiary/aromatic N) is 2. The predicted octanol–water partition coefficient (Wildman–Crippen LogP) is 9.94. The van der Waals surface area contributed by atoms with Crippen molar-refractivity contribution in [3.63, 3.8) is 0 Å². The second-order valence-electron chi connectivity index (χ2n) is 20.0. The van der Waals surface area contributed by atoms with Crippen LogP contribution in [0.2, 0.25) is 23.2 Å². The van der Waals surface area contributed by atoms with Gasteiger partial charge in [0, 0.05) is 87.8 Å². The van der Waals surface area contributed by atoms with Crippen LogP contribution in [0, 0.1) is 11.8 Å². The summed E-state index contributed by atoms with van der Waals surface area (Å²) in [7, 11) is 1.05. The van der Waals surface area contributed by atoms with Gasteiger partial charge in [0.1, 0.15) is 17.6 Å². The fourth-order valence-corrected chi connectivity index (χ4v) is 10.8. The van der Waals surface area contributed by atoms with Crippen molar-refractivity contribution in [3.05, 3.63) is 117 Å². The molecule has 69 heavy (non-hydrogen) atoms. The maximum atomic E-state index is 13.1.